The molecular weight excluding hydrogens is 370 g/mol. The van der Waals surface area contributed by atoms with Gasteiger partial charge in [0.2, 0.25) is 11.8 Å². The van der Waals surface area contributed by atoms with Gasteiger partial charge in [-0.3, -0.25) is 9.59 Å². The molecule has 1 saturated heterocycles. The highest BCUT2D eigenvalue weighted by Crippen LogP contribution is 2.28. The molecule has 26 heavy (non-hydrogen) atoms. The molecule has 0 spiro atoms. The summed E-state index contributed by atoms with van der Waals surface area (Å²) in [7, 11) is 3.99. The zero-order chi connectivity index (χ0) is 18.7. The molecule has 1 N–H and O–H groups in total. The van der Waals surface area contributed by atoms with Crippen molar-refractivity contribution in [2.24, 2.45) is 5.92 Å². The molecule has 3 rings (SSSR count). The van der Waals surface area contributed by atoms with Crippen molar-refractivity contribution < 1.29 is 9.59 Å². The zero-order valence-electron chi connectivity index (χ0n) is 14.8. The minimum atomic E-state index is -0.340. The Morgan fingerprint density at radius 3 is 2.85 bits per heavy atom. The molecule has 7 heteroatoms. The number of halogens is 1. The molecule has 2 amide bonds. The van der Waals surface area contributed by atoms with E-state index >= 15 is 0 Å². The number of rotatable bonds is 6. The molecule has 138 valence electrons. The van der Waals surface area contributed by atoms with E-state index in [1.54, 1.807) is 34.4 Å². The van der Waals surface area contributed by atoms with Gasteiger partial charge in [0.15, 0.2) is 0 Å². The average molecular weight is 392 g/mol. The maximum Gasteiger partial charge on any atom is 0.227 e. The number of amides is 2. The van der Waals surface area contributed by atoms with Crippen LogP contribution in [-0.2, 0) is 9.59 Å². The summed E-state index contributed by atoms with van der Waals surface area (Å²) in [5, 5.41) is 5.63. The average Bonchev–Trinajstić information content (AvgIpc) is 3.24. The highest BCUT2D eigenvalue weighted by atomic mass is 35.5. The first-order valence-electron chi connectivity index (χ1n) is 8.49. The van der Waals surface area contributed by atoms with Crippen molar-refractivity contribution in [2.45, 2.75) is 12.5 Å². The van der Waals surface area contributed by atoms with Gasteiger partial charge >= 0.3 is 0 Å². The number of thiophene rings is 1. The Bertz CT molecular complexity index is 779. The number of anilines is 1. The third-order valence-electron chi connectivity index (χ3n) is 4.58. The summed E-state index contributed by atoms with van der Waals surface area (Å²) in [6.07, 6.45) is 0.226. The number of nitrogens with one attached hydrogen (secondary N) is 1. The van der Waals surface area contributed by atoms with Crippen LogP contribution >= 0.6 is 22.9 Å². The van der Waals surface area contributed by atoms with E-state index in [4.69, 9.17) is 11.6 Å². The van der Waals surface area contributed by atoms with Crippen molar-refractivity contribution in [3.05, 3.63) is 51.7 Å². The number of likely N-dealkylation sites (N-methyl/N-ethyl adjacent to an activating group) is 1. The molecule has 5 nitrogen and oxygen atoms in total. The third-order valence-corrected chi connectivity index (χ3v) is 5.79. The monoisotopic (exact) mass is 391 g/mol. The Morgan fingerprint density at radius 1 is 1.38 bits per heavy atom. The van der Waals surface area contributed by atoms with Crippen LogP contribution in [0.15, 0.2) is 41.8 Å². The molecule has 0 radical (unpaired) electrons. The summed E-state index contributed by atoms with van der Waals surface area (Å²) in [5.41, 5.74) is 0.738. The summed E-state index contributed by atoms with van der Waals surface area (Å²) in [6.45, 7) is 0.908. The van der Waals surface area contributed by atoms with Crippen LogP contribution < -0.4 is 10.2 Å². The van der Waals surface area contributed by atoms with E-state index < -0.39 is 0 Å². The fourth-order valence-electron chi connectivity index (χ4n) is 3.14. The first-order valence-corrected chi connectivity index (χ1v) is 9.75. The lowest BCUT2D eigenvalue weighted by molar-refractivity contribution is -0.126. The topological polar surface area (TPSA) is 52.7 Å². The predicted molar refractivity (Wildman–Crippen MR) is 106 cm³/mol. The molecule has 2 atom stereocenters. The Morgan fingerprint density at radius 2 is 2.19 bits per heavy atom. The van der Waals surface area contributed by atoms with Gasteiger partial charge in [-0.1, -0.05) is 23.7 Å². The van der Waals surface area contributed by atoms with Crippen LogP contribution in [0, 0.1) is 5.92 Å². The summed E-state index contributed by atoms with van der Waals surface area (Å²) in [4.78, 5) is 29.9. The molecule has 1 aromatic carbocycles. The molecule has 0 aliphatic carbocycles. The van der Waals surface area contributed by atoms with Gasteiger partial charge in [-0.2, -0.15) is 0 Å². The van der Waals surface area contributed by atoms with Crippen molar-refractivity contribution >= 4 is 40.4 Å². The Kier molecular flexibility index (Phi) is 5.96. The normalized spacial score (nSPS) is 18.4. The van der Waals surface area contributed by atoms with E-state index in [2.05, 4.69) is 16.3 Å². The molecule has 0 bridgehead atoms. The number of benzene rings is 1. The first kappa shape index (κ1) is 18.9. The third kappa shape index (κ3) is 4.26. The molecule has 2 heterocycles. The Balaban J connectivity index is 1.61. The van der Waals surface area contributed by atoms with Crippen molar-refractivity contribution in [1.29, 1.82) is 0 Å². The molecule has 1 aliphatic rings. The standard InChI is InChI=1S/C19H22ClN3O2S/c1-22(2)16(17-7-4-8-26-17)11-21-19(25)13-9-18(24)23(12-13)15-6-3-5-14(20)10-15/h3-8,10,13,16H,9,11-12H2,1-2H3,(H,21,25). The van der Waals surface area contributed by atoms with Gasteiger partial charge in [0, 0.05) is 35.1 Å². The van der Waals surface area contributed by atoms with E-state index in [9.17, 15) is 9.59 Å². The lowest BCUT2D eigenvalue weighted by atomic mass is 10.1. The molecule has 1 aliphatic heterocycles. The van der Waals surface area contributed by atoms with E-state index in [1.165, 1.54) is 4.88 Å². The van der Waals surface area contributed by atoms with Gasteiger partial charge in [0.25, 0.3) is 0 Å². The fourth-order valence-corrected chi connectivity index (χ4v) is 4.24. The van der Waals surface area contributed by atoms with Crippen molar-refractivity contribution in [3.8, 4) is 0 Å². The second-order valence-electron chi connectivity index (χ2n) is 6.63. The van der Waals surface area contributed by atoms with Crippen LogP contribution in [-0.4, -0.2) is 43.9 Å². The van der Waals surface area contributed by atoms with Gasteiger partial charge in [-0.25, -0.2) is 0 Å². The van der Waals surface area contributed by atoms with Crippen LogP contribution in [0.4, 0.5) is 5.69 Å². The fraction of sp³-hybridized carbons (Fsp3) is 0.368. The van der Waals surface area contributed by atoms with Crippen LogP contribution in [0.25, 0.3) is 0 Å². The van der Waals surface area contributed by atoms with Crippen LogP contribution in [0.2, 0.25) is 5.02 Å². The summed E-state index contributed by atoms with van der Waals surface area (Å²) < 4.78 is 0. The van der Waals surface area contributed by atoms with Crippen molar-refractivity contribution in [1.82, 2.24) is 10.2 Å². The van der Waals surface area contributed by atoms with Gasteiger partial charge in [0.1, 0.15) is 0 Å². The lowest BCUT2D eigenvalue weighted by Gasteiger charge is -2.24. The van der Waals surface area contributed by atoms with E-state index in [0.29, 0.717) is 18.1 Å². The molecular formula is C19H22ClN3O2S. The SMILES string of the molecule is CN(C)C(CNC(=O)C1CC(=O)N(c2cccc(Cl)c2)C1)c1cccs1. The largest absolute Gasteiger partial charge is 0.354 e. The molecule has 2 aromatic rings. The van der Waals surface area contributed by atoms with Crippen LogP contribution in [0.1, 0.15) is 17.3 Å². The maximum absolute atomic E-state index is 12.6. The number of hydrogen-bond acceptors (Lipinski definition) is 4. The summed E-state index contributed by atoms with van der Waals surface area (Å²) in [6, 6.07) is 11.4. The van der Waals surface area contributed by atoms with Gasteiger partial charge in [-0.15, -0.1) is 11.3 Å². The highest BCUT2D eigenvalue weighted by Gasteiger charge is 2.35. The molecule has 1 aromatic heterocycles. The minimum absolute atomic E-state index is 0.0465. The zero-order valence-corrected chi connectivity index (χ0v) is 16.4. The number of carbonyl (C=O) groups is 2. The van der Waals surface area contributed by atoms with E-state index in [0.717, 1.165) is 5.69 Å². The Labute approximate surface area is 162 Å². The maximum atomic E-state index is 12.6. The van der Waals surface area contributed by atoms with Gasteiger partial charge < -0.3 is 15.1 Å². The van der Waals surface area contributed by atoms with E-state index in [1.807, 2.05) is 31.6 Å². The molecule has 0 saturated carbocycles. The van der Waals surface area contributed by atoms with Gasteiger partial charge in [0.05, 0.1) is 12.0 Å². The van der Waals surface area contributed by atoms with Crippen LogP contribution in [0.3, 0.4) is 0 Å². The van der Waals surface area contributed by atoms with E-state index in [-0.39, 0.29) is 30.2 Å². The van der Waals surface area contributed by atoms with Gasteiger partial charge in [-0.05, 0) is 43.7 Å². The molecule has 2 unspecified atom stereocenters. The number of nitrogens with zero attached hydrogens (tertiary/aromatic N) is 2. The summed E-state index contributed by atoms with van der Waals surface area (Å²) in [5.74, 6) is -0.464. The predicted octanol–water partition coefficient (Wildman–Crippen LogP) is 3.17. The number of hydrogen-bond donors (Lipinski definition) is 1. The smallest absolute Gasteiger partial charge is 0.227 e. The second-order valence-corrected chi connectivity index (χ2v) is 8.04. The first-order chi connectivity index (χ1) is 12.5. The minimum Gasteiger partial charge on any atom is -0.354 e. The second kappa shape index (κ2) is 8.20. The Hall–Kier alpha value is -1.89. The molecule has 1 fully saturated rings. The highest BCUT2D eigenvalue weighted by molar-refractivity contribution is 7.10. The number of carbonyl (C=O) groups excluding carboxylic acids is 2. The van der Waals surface area contributed by atoms with Crippen molar-refractivity contribution in [2.75, 3.05) is 32.1 Å². The lowest BCUT2D eigenvalue weighted by Crippen LogP contribution is -2.38. The summed E-state index contributed by atoms with van der Waals surface area (Å²) >= 11 is 7.69. The van der Waals surface area contributed by atoms with Crippen molar-refractivity contribution in [3.63, 3.8) is 0 Å². The van der Waals surface area contributed by atoms with Crippen LogP contribution in [0.5, 0.6) is 0 Å². The quantitative estimate of drug-likeness (QED) is 0.822.